The smallest absolute Gasteiger partial charge is 0.247 e. The van der Waals surface area contributed by atoms with Crippen LogP contribution in [0.5, 0.6) is 0 Å². The molecule has 6 heteroatoms. The van der Waals surface area contributed by atoms with Gasteiger partial charge in [-0.3, -0.25) is 0 Å². The molecule has 0 fully saturated rings. The van der Waals surface area contributed by atoms with Crippen LogP contribution in [0.15, 0.2) is 31.6 Å². The summed E-state index contributed by atoms with van der Waals surface area (Å²) in [5.41, 5.74) is 6.69. The number of benzene rings is 1. The van der Waals surface area contributed by atoms with E-state index in [2.05, 4.69) is 42.1 Å². The third-order valence-electron chi connectivity index (χ3n) is 2.31. The van der Waals surface area contributed by atoms with E-state index in [9.17, 15) is 0 Å². The fraction of sp³-hybridized carbons (Fsp3) is 0.273. The Morgan fingerprint density at radius 2 is 1.88 bits per heavy atom. The molecule has 2 rings (SSSR count). The molecule has 0 spiro atoms. The largest absolute Gasteiger partial charge is 0.419 e. The molecule has 17 heavy (non-hydrogen) atoms. The molecule has 1 unspecified atom stereocenters. The normalized spacial score (nSPS) is 12.7. The predicted octanol–water partition coefficient (Wildman–Crippen LogP) is 3.67. The molecule has 2 N–H and O–H groups in total. The molecular formula is C11H11Br2N3O. The van der Waals surface area contributed by atoms with Gasteiger partial charge in [0.1, 0.15) is 0 Å². The van der Waals surface area contributed by atoms with Gasteiger partial charge in [-0.2, -0.15) is 0 Å². The number of hydrogen-bond acceptors (Lipinski definition) is 4. The molecular weight excluding hydrogens is 350 g/mol. The molecule has 0 aliphatic rings. The Labute approximate surface area is 116 Å². The van der Waals surface area contributed by atoms with Crippen molar-refractivity contribution in [3.05, 3.63) is 33.0 Å². The lowest BCUT2D eigenvalue weighted by atomic mass is 10.2. The van der Waals surface area contributed by atoms with Gasteiger partial charge in [0, 0.05) is 14.5 Å². The molecule has 2 aromatic rings. The number of nitrogens with two attached hydrogens (primary N) is 1. The van der Waals surface area contributed by atoms with Gasteiger partial charge in [0.25, 0.3) is 0 Å². The Hall–Kier alpha value is -0.720. The molecule has 0 bridgehead atoms. The first-order chi connectivity index (χ1) is 8.10. The third-order valence-corrected chi connectivity index (χ3v) is 3.22. The minimum Gasteiger partial charge on any atom is -0.419 e. The fourth-order valence-electron chi connectivity index (χ4n) is 1.35. The Morgan fingerprint density at radius 1 is 1.24 bits per heavy atom. The van der Waals surface area contributed by atoms with E-state index in [1.54, 1.807) is 0 Å². The summed E-state index contributed by atoms with van der Waals surface area (Å²) in [6, 6.07) is 5.57. The molecule has 1 aromatic carbocycles. The highest BCUT2D eigenvalue weighted by atomic mass is 79.9. The third kappa shape index (κ3) is 2.94. The lowest BCUT2D eigenvalue weighted by Gasteiger charge is -2.01. The summed E-state index contributed by atoms with van der Waals surface area (Å²) in [7, 11) is 0. The van der Waals surface area contributed by atoms with Crippen molar-refractivity contribution >= 4 is 31.9 Å². The van der Waals surface area contributed by atoms with Crippen LogP contribution in [0.3, 0.4) is 0 Å². The van der Waals surface area contributed by atoms with Crippen LogP contribution in [0.25, 0.3) is 11.5 Å². The molecule has 0 aliphatic carbocycles. The zero-order valence-corrected chi connectivity index (χ0v) is 12.3. The number of nitrogens with zero attached hydrogens (tertiary/aromatic N) is 2. The molecule has 0 saturated heterocycles. The van der Waals surface area contributed by atoms with Crippen molar-refractivity contribution in [2.45, 2.75) is 19.4 Å². The SMILES string of the molecule is CCC(N)c1nnc(-c2cc(Br)cc(Br)c2)o1. The van der Waals surface area contributed by atoms with Crippen LogP contribution in [0.1, 0.15) is 25.3 Å². The summed E-state index contributed by atoms with van der Waals surface area (Å²) in [5.74, 6) is 0.949. The Kier molecular flexibility index (Phi) is 3.96. The van der Waals surface area contributed by atoms with Gasteiger partial charge in [0.15, 0.2) is 0 Å². The van der Waals surface area contributed by atoms with Crippen molar-refractivity contribution < 1.29 is 4.42 Å². The van der Waals surface area contributed by atoms with Gasteiger partial charge < -0.3 is 10.2 Å². The number of rotatable bonds is 3. The highest BCUT2D eigenvalue weighted by Crippen LogP contribution is 2.27. The molecule has 1 atom stereocenters. The van der Waals surface area contributed by atoms with E-state index in [1.807, 2.05) is 25.1 Å². The second-order valence-electron chi connectivity index (χ2n) is 3.62. The maximum atomic E-state index is 5.83. The first-order valence-electron chi connectivity index (χ1n) is 5.15. The van der Waals surface area contributed by atoms with Gasteiger partial charge in [0.2, 0.25) is 11.8 Å². The van der Waals surface area contributed by atoms with Crippen molar-refractivity contribution in [2.75, 3.05) is 0 Å². The zero-order valence-electron chi connectivity index (χ0n) is 9.15. The average Bonchev–Trinajstić information content (AvgIpc) is 2.76. The molecule has 1 aromatic heterocycles. The van der Waals surface area contributed by atoms with Gasteiger partial charge in [0.05, 0.1) is 6.04 Å². The van der Waals surface area contributed by atoms with E-state index >= 15 is 0 Å². The zero-order chi connectivity index (χ0) is 12.4. The molecule has 0 radical (unpaired) electrons. The summed E-state index contributed by atoms with van der Waals surface area (Å²) < 4.78 is 7.43. The van der Waals surface area contributed by atoms with Crippen LogP contribution in [0.4, 0.5) is 0 Å². The van der Waals surface area contributed by atoms with Gasteiger partial charge in [-0.1, -0.05) is 38.8 Å². The summed E-state index contributed by atoms with van der Waals surface area (Å²) in [4.78, 5) is 0. The minimum absolute atomic E-state index is 0.202. The first kappa shape index (κ1) is 12.7. The van der Waals surface area contributed by atoms with Gasteiger partial charge in [-0.15, -0.1) is 10.2 Å². The highest BCUT2D eigenvalue weighted by Gasteiger charge is 2.14. The number of halogens is 2. The molecule has 4 nitrogen and oxygen atoms in total. The Morgan fingerprint density at radius 3 is 2.47 bits per heavy atom. The van der Waals surface area contributed by atoms with Gasteiger partial charge in [-0.25, -0.2) is 0 Å². The summed E-state index contributed by atoms with van der Waals surface area (Å²) in [6.07, 6.45) is 0.768. The number of aromatic nitrogens is 2. The fourth-order valence-corrected chi connectivity index (χ4v) is 2.65. The quantitative estimate of drug-likeness (QED) is 0.906. The maximum absolute atomic E-state index is 5.83. The summed E-state index contributed by atoms with van der Waals surface area (Å²) in [6.45, 7) is 1.98. The van der Waals surface area contributed by atoms with E-state index in [1.165, 1.54) is 0 Å². The van der Waals surface area contributed by atoms with Crippen LogP contribution in [0.2, 0.25) is 0 Å². The van der Waals surface area contributed by atoms with E-state index in [0.29, 0.717) is 11.8 Å². The molecule has 90 valence electrons. The van der Waals surface area contributed by atoms with E-state index in [0.717, 1.165) is 20.9 Å². The summed E-state index contributed by atoms with van der Waals surface area (Å²) >= 11 is 6.83. The molecule has 0 aliphatic heterocycles. The Bertz CT molecular complexity index is 507. The van der Waals surface area contributed by atoms with Crippen LogP contribution in [0, 0.1) is 0 Å². The molecule has 0 amide bonds. The van der Waals surface area contributed by atoms with Crippen LogP contribution < -0.4 is 5.73 Å². The topological polar surface area (TPSA) is 64.9 Å². The second-order valence-corrected chi connectivity index (χ2v) is 5.45. The van der Waals surface area contributed by atoms with Crippen LogP contribution >= 0.6 is 31.9 Å². The minimum atomic E-state index is -0.202. The second kappa shape index (κ2) is 5.29. The number of hydrogen-bond donors (Lipinski definition) is 1. The average molecular weight is 361 g/mol. The first-order valence-corrected chi connectivity index (χ1v) is 6.74. The van der Waals surface area contributed by atoms with Crippen molar-refractivity contribution in [1.29, 1.82) is 0 Å². The standard InChI is InChI=1S/C11H11Br2N3O/c1-2-9(14)11-16-15-10(17-11)6-3-7(12)5-8(13)4-6/h3-5,9H,2,14H2,1H3. The van der Waals surface area contributed by atoms with Crippen molar-refractivity contribution in [3.8, 4) is 11.5 Å². The molecule has 1 heterocycles. The molecule has 0 saturated carbocycles. The lowest BCUT2D eigenvalue weighted by Crippen LogP contribution is -2.08. The monoisotopic (exact) mass is 359 g/mol. The van der Waals surface area contributed by atoms with Gasteiger partial charge in [-0.05, 0) is 24.6 Å². The highest BCUT2D eigenvalue weighted by molar-refractivity contribution is 9.11. The Balaban J connectivity index is 2.36. The predicted molar refractivity (Wildman–Crippen MR) is 72.4 cm³/mol. The van der Waals surface area contributed by atoms with Crippen LogP contribution in [-0.2, 0) is 0 Å². The van der Waals surface area contributed by atoms with Crippen molar-refractivity contribution in [2.24, 2.45) is 5.73 Å². The van der Waals surface area contributed by atoms with Gasteiger partial charge >= 0.3 is 0 Å². The lowest BCUT2D eigenvalue weighted by molar-refractivity contribution is 0.452. The maximum Gasteiger partial charge on any atom is 0.247 e. The van der Waals surface area contributed by atoms with Crippen molar-refractivity contribution in [3.63, 3.8) is 0 Å². The van der Waals surface area contributed by atoms with Crippen LogP contribution in [-0.4, -0.2) is 10.2 Å². The summed E-state index contributed by atoms with van der Waals surface area (Å²) in [5, 5.41) is 7.95. The van der Waals surface area contributed by atoms with E-state index in [4.69, 9.17) is 10.2 Å². The van der Waals surface area contributed by atoms with E-state index in [-0.39, 0.29) is 6.04 Å². The van der Waals surface area contributed by atoms with E-state index < -0.39 is 0 Å². The van der Waals surface area contributed by atoms with Crippen molar-refractivity contribution in [1.82, 2.24) is 10.2 Å².